The molecule has 142 valence electrons. The summed E-state index contributed by atoms with van der Waals surface area (Å²) in [4.78, 5) is 36.6. The van der Waals surface area contributed by atoms with E-state index in [1.54, 1.807) is 32.7 Å². The molecule has 26 heavy (non-hydrogen) atoms. The van der Waals surface area contributed by atoms with Gasteiger partial charge in [0.05, 0.1) is 6.42 Å². The van der Waals surface area contributed by atoms with Gasteiger partial charge < -0.3 is 4.74 Å². The Hall–Kier alpha value is -2.28. The molecule has 1 aromatic rings. The van der Waals surface area contributed by atoms with Gasteiger partial charge in [-0.2, -0.15) is 0 Å². The van der Waals surface area contributed by atoms with Crippen LogP contribution in [0, 0.1) is 4.91 Å². The quantitative estimate of drug-likeness (QED) is 0.575. The first-order valence-corrected chi connectivity index (χ1v) is 8.91. The number of benzene rings is 1. The molecule has 1 aromatic carbocycles. The lowest BCUT2D eigenvalue weighted by atomic mass is 10.1. The zero-order chi connectivity index (χ0) is 19.3. The van der Waals surface area contributed by atoms with Gasteiger partial charge in [-0.15, -0.1) is 4.91 Å². The van der Waals surface area contributed by atoms with Gasteiger partial charge in [-0.05, 0) is 51.3 Å². The minimum absolute atomic E-state index is 0.137. The van der Waals surface area contributed by atoms with Crippen LogP contribution in [0.3, 0.4) is 0 Å². The van der Waals surface area contributed by atoms with Gasteiger partial charge >= 0.3 is 5.97 Å². The largest absolute Gasteiger partial charge is 0.459 e. The minimum atomic E-state index is -0.894. The SMILES string of the molecule is C[C@H](N=O)N(C(=O)Cc1ccccc1)N1CCCC1C(=O)OC(C)(C)C. The highest BCUT2D eigenvalue weighted by Crippen LogP contribution is 2.25. The van der Waals surface area contributed by atoms with Gasteiger partial charge in [-0.1, -0.05) is 30.3 Å². The molecule has 0 bridgehead atoms. The van der Waals surface area contributed by atoms with Crippen LogP contribution < -0.4 is 0 Å². The Labute approximate surface area is 154 Å². The van der Waals surface area contributed by atoms with Gasteiger partial charge in [0, 0.05) is 6.54 Å². The van der Waals surface area contributed by atoms with Crippen LogP contribution in [0.1, 0.15) is 46.1 Å². The fourth-order valence-electron chi connectivity index (χ4n) is 3.08. The summed E-state index contributed by atoms with van der Waals surface area (Å²) in [6.45, 7) is 7.47. The predicted octanol–water partition coefficient (Wildman–Crippen LogP) is 2.89. The molecule has 0 saturated carbocycles. The summed E-state index contributed by atoms with van der Waals surface area (Å²) in [5.41, 5.74) is 0.229. The molecule has 1 fully saturated rings. The molecular weight excluding hydrogens is 334 g/mol. The molecule has 1 aliphatic rings. The zero-order valence-electron chi connectivity index (χ0n) is 15.8. The van der Waals surface area contributed by atoms with Gasteiger partial charge in [-0.25, -0.2) is 10.0 Å². The second-order valence-corrected chi connectivity index (χ2v) is 7.49. The Morgan fingerprint density at radius 2 is 1.96 bits per heavy atom. The lowest BCUT2D eigenvalue weighted by molar-refractivity contribution is -0.174. The zero-order valence-corrected chi connectivity index (χ0v) is 15.8. The fraction of sp³-hybridized carbons (Fsp3) is 0.579. The van der Waals surface area contributed by atoms with E-state index in [1.165, 1.54) is 5.01 Å². The summed E-state index contributed by atoms with van der Waals surface area (Å²) in [7, 11) is 0. The predicted molar refractivity (Wildman–Crippen MR) is 97.8 cm³/mol. The Morgan fingerprint density at radius 1 is 1.31 bits per heavy atom. The number of rotatable bonds is 6. The molecule has 0 spiro atoms. The maximum atomic E-state index is 12.9. The molecule has 7 heteroatoms. The number of carbonyl (C=O) groups excluding carboxylic acids is 2. The highest BCUT2D eigenvalue weighted by atomic mass is 16.6. The summed E-state index contributed by atoms with van der Waals surface area (Å²) in [6, 6.07) is 8.70. The summed E-state index contributed by atoms with van der Waals surface area (Å²) in [5, 5.41) is 5.99. The molecule has 0 radical (unpaired) electrons. The van der Waals surface area contributed by atoms with Crippen molar-refractivity contribution >= 4 is 11.9 Å². The second kappa shape index (κ2) is 8.40. The molecular formula is C19H27N3O4. The number of amides is 1. The van der Waals surface area contributed by atoms with Crippen LogP contribution in [-0.2, 0) is 20.7 Å². The molecule has 1 aliphatic heterocycles. The molecule has 1 amide bonds. The third-order valence-corrected chi connectivity index (χ3v) is 4.14. The molecule has 2 rings (SSSR count). The van der Waals surface area contributed by atoms with Gasteiger partial charge in [0.25, 0.3) is 0 Å². The van der Waals surface area contributed by atoms with Gasteiger partial charge in [0.15, 0.2) is 6.17 Å². The number of esters is 1. The van der Waals surface area contributed by atoms with Crippen molar-refractivity contribution in [2.45, 2.75) is 64.8 Å². The highest BCUT2D eigenvalue weighted by molar-refractivity contribution is 5.80. The molecule has 2 atom stereocenters. The van der Waals surface area contributed by atoms with Crippen LogP contribution >= 0.6 is 0 Å². The smallest absolute Gasteiger partial charge is 0.325 e. The van der Waals surface area contributed by atoms with E-state index in [2.05, 4.69) is 5.18 Å². The monoisotopic (exact) mass is 361 g/mol. The van der Waals surface area contributed by atoms with Gasteiger partial charge in [0.2, 0.25) is 5.91 Å². The molecule has 1 unspecified atom stereocenters. The number of carbonyl (C=O) groups is 2. The molecule has 1 heterocycles. The minimum Gasteiger partial charge on any atom is -0.459 e. The fourth-order valence-corrected chi connectivity index (χ4v) is 3.08. The average Bonchev–Trinajstić information content (AvgIpc) is 3.03. The van der Waals surface area contributed by atoms with Crippen LogP contribution in [0.5, 0.6) is 0 Å². The molecule has 0 aliphatic carbocycles. The maximum Gasteiger partial charge on any atom is 0.325 e. The van der Waals surface area contributed by atoms with E-state index in [4.69, 9.17) is 4.74 Å². The van der Waals surface area contributed by atoms with Crippen molar-refractivity contribution in [2.75, 3.05) is 6.54 Å². The first kappa shape index (κ1) is 20.0. The van der Waals surface area contributed by atoms with Crippen molar-refractivity contribution in [1.82, 2.24) is 10.0 Å². The Kier molecular flexibility index (Phi) is 6.47. The van der Waals surface area contributed by atoms with Gasteiger partial charge in [0.1, 0.15) is 11.6 Å². The number of nitroso groups, excluding NO2 is 1. The van der Waals surface area contributed by atoms with E-state index < -0.39 is 17.8 Å². The van der Waals surface area contributed by atoms with Crippen molar-refractivity contribution in [3.05, 3.63) is 40.8 Å². The van der Waals surface area contributed by atoms with E-state index in [-0.39, 0.29) is 18.3 Å². The van der Waals surface area contributed by atoms with Crippen molar-refractivity contribution < 1.29 is 14.3 Å². The first-order valence-electron chi connectivity index (χ1n) is 8.91. The Bertz CT molecular complexity index is 642. The van der Waals surface area contributed by atoms with Crippen LogP contribution in [0.15, 0.2) is 35.5 Å². The van der Waals surface area contributed by atoms with E-state index in [1.807, 2.05) is 30.3 Å². The first-order chi connectivity index (χ1) is 12.2. The lowest BCUT2D eigenvalue weighted by Crippen LogP contribution is -2.55. The number of hydrazine groups is 1. The van der Waals surface area contributed by atoms with E-state index >= 15 is 0 Å². The van der Waals surface area contributed by atoms with E-state index in [0.29, 0.717) is 13.0 Å². The standard InChI is InChI=1S/C19H27N3O4/c1-14(20-25)22(17(23)13-15-9-6-5-7-10-15)21-12-8-11-16(21)18(24)26-19(2,3)4/h5-7,9-10,14,16H,8,11-13H2,1-4H3/t14-,16?/m1/s1. The van der Waals surface area contributed by atoms with Crippen LogP contribution in [0.2, 0.25) is 0 Å². The topological polar surface area (TPSA) is 79.3 Å². The number of nitrogens with zero attached hydrogens (tertiary/aromatic N) is 3. The molecule has 7 nitrogen and oxygen atoms in total. The summed E-state index contributed by atoms with van der Waals surface area (Å²) >= 11 is 0. The second-order valence-electron chi connectivity index (χ2n) is 7.49. The van der Waals surface area contributed by atoms with Crippen molar-refractivity contribution in [3.63, 3.8) is 0 Å². The normalized spacial score (nSPS) is 19.0. The Morgan fingerprint density at radius 3 is 2.54 bits per heavy atom. The van der Waals surface area contributed by atoms with Gasteiger partial charge in [-0.3, -0.25) is 9.59 Å². The number of ether oxygens (including phenoxy) is 1. The summed E-state index contributed by atoms with van der Waals surface area (Å²) in [5.74, 6) is -0.649. The van der Waals surface area contributed by atoms with Crippen molar-refractivity contribution in [1.29, 1.82) is 0 Å². The lowest BCUT2D eigenvalue weighted by Gasteiger charge is -2.37. The summed E-state index contributed by atoms with van der Waals surface area (Å²) in [6.07, 6.45) is 0.563. The van der Waals surface area contributed by atoms with E-state index in [9.17, 15) is 14.5 Å². The van der Waals surface area contributed by atoms with Crippen LogP contribution in [0.25, 0.3) is 0 Å². The van der Waals surface area contributed by atoms with E-state index in [0.717, 1.165) is 12.0 Å². The average molecular weight is 361 g/mol. The molecule has 0 aromatic heterocycles. The number of hydrogen-bond acceptors (Lipinski definition) is 6. The molecule has 1 saturated heterocycles. The Balaban J connectivity index is 2.20. The van der Waals surface area contributed by atoms with Crippen LogP contribution in [-0.4, -0.2) is 46.2 Å². The van der Waals surface area contributed by atoms with Crippen molar-refractivity contribution in [3.8, 4) is 0 Å². The summed E-state index contributed by atoms with van der Waals surface area (Å²) < 4.78 is 5.49. The molecule has 0 N–H and O–H groups in total. The number of hydrogen-bond donors (Lipinski definition) is 0. The third kappa shape index (κ3) is 5.11. The highest BCUT2D eigenvalue weighted by Gasteiger charge is 2.41. The third-order valence-electron chi connectivity index (χ3n) is 4.14. The maximum absolute atomic E-state index is 12.9. The van der Waals surface area contributed by atoms with Crippen molar-refractivity contribution in [2.24, 2.45) is 5.18 Å². The van der Waals surface area contributed by atoms with Crippen LogP contribution in [0.4, 0.5) is 0 Å².